The van der Waals surface area contributed by atoms with E-state index in [1.54, 1.807) is 12.1 Å². The van der Waals surface area contributed by atoms with E-state index in [4.69, 9.17) is 0 Å². The average molecular weight is 181 g/mol. The van der Waals surface area contributed by atoms with E-state index in [0.29, 0.717) is 0 Å². The van der Waals surface area contributed by atoms with Crippen LogP contribution in [0, 0.1) is 5.82 Å². The lowest BCUT2D eigenvalue weighted by atomic mass is 9.97. The first kappa shape index (κ1) is 8.51. The molecule has 2 N–H and O–H groups in total. The van der Waals surface area contributed by atoms with Gasteiger partial charge in [-0.1, -0.05) is 12.1 Å². The first-order valence-electron chi connectivity index (χ1n) is 4.47. The first-order chi connectivity index (χ1) is 6.29. The maximum atomic E-state index is 13.0. The van der Waals surface area contributed by atoms with Crippen molar-refractivity contribution in [3.05, 3.63) is 29.6 Å². The zero-order valence-corrected chi connectivity index (χ0v) is 7.26. The summed E-state index contributed by atoms with van der Waals surface area (Å²) >= 11 is 0. The summed E-state index contributed by atoms with van der Waals surface area (Å²) in [5.41, 5.74) is 0.727. The molecule has 1 aromatic carbocycles. The number of phenols is 1. The molecule has 1 aromatic rings. The fourth-order valence-electron chi connectivity index (χ4n) is 1.78. The molecular formula is C10H12FNO. The Morgan fingerprint density at radius 1 is 1.46 bits per heavy atom. The molecule has 0 amide bonds. The van der Waals surface area contributed by atoms with Crippen LogP contribution < -0.4 is 5.32 Å². The molecule has 70 valence electrons. The van der Waals surface area contributed by atoms with Crippen LogP contribution in [0.5, 0.6) is 5.75 Å². The molecule has 0 radical (unpaired) electrons. The van der Waals surface area contributed by atoms with Gasteiger partial charge in [0.1, 0.15) is 0 Å². The van der Waals surface area contributed by atoms with Crippen LogP contribution in [0.15, 0.2) is 18.2 Å². The third-order valence-corrected chi connectivity index (χ3v) is 2.52. The van der Waals surface area contributed by atoms with Crippen LogP contribution in [0.3, 0.4) is 0 Å². The van der Waals surface area contributed by atoms with Gasteiger partial charge in [0.15, 0.2) is 11.6 Å². The van der Waals surface area contributed by atoms with Gasteiger partial charge in [-0.05, 0) is 19.0 Å². The molecule has 1 aliphatic rings. The second-order valence-electron chi connectivity index (χ2n) is 3.37. The molecule has 0 aliphatic carbocycles. The van der Waals surface area contributed by atoms with Crippen LogP contribution in [-0.4, -0.2) is 18.2 Å². The lowest BCUT2D eigenvalue weighted by Crippen LogP contribution is -2.08. The summed E-state index contributed by atoms with van der Waals surface area (Å²) < 4.78 is 13.0. The van der Waals surface area contributed by atoms with Crippen molar-refractivity contribution in [1.82, 2.24) is 5.32 Å². The molecule has 1 atom stereocenters. The SMILES string of the molecule is Oc1c(F)cccc1C1CCNC1. The molecule has 0 saturated carbocycles. The maximum Gasteiger partial charge on any atom is 0.165 e. The summed E-state index contributed by atoms with van der Waals surface area (Å²) in [5, 5.41) is 12.6. The van der Waals surface area contributed by atoms with Gasteiger partial charge in [0.2, 0.25) is 0 Å². The van der Waals surface area contributed by atoms with Crippen molar-refractivity contribution in [2.45, 2.75) is 12.3 Å². The molecule has 1 aliphatic heterocycles. The summed E-state index contributed by atoms with van der Waals surface area (Å²) in [6, 6.07) is 4.71. The van der Waals surface area contributed by atoms with Gasteiger partial charge in [0.25, 0.3) is 0 Å². The number of rotatable bonds is 1. The Morgan fingerprint density at radius 2 is 2.31 bits per heavy atom. The minimum absolute atomic E-state index is 0.184. The van der Waals surface area contributed by atoms with Crippen LogP contribution in [0.2, 0.25) is 0 Å². The molecule has 1 unspecified atom stereocenters. The highest BCUT2D eigenvalue weighted by atomic mass is 19.1. The smallest absolute Gasteiger partial charge is 0.165 e. The van der Waals surface area contributed by atoms with Gasteiger partial charge < -0.3 is 10.4 Å². The zero-order chi connectivity index (χ0) is 9.26. The third-order valence-electron chi connectivity index (χ3n) is 2.52. The Balaban J connectivity index is 2.33. The number of halogens is 1. The molecule has 0 bridgehead atoms. The van der Waals surface area contributed by atoms with Crippen LogP contribution in [0.4, 0.5) is 4.39 Å². The van der Waals surface area contributed by atoms with Gasteiger partial charge in [-0.15, -0.1) is 0 Å². The molecular weight excluding hydrogens is 169 g/mol. The Morgan fingerprint density at radius 3 is 3.00 bits per heavy atom. The van der Waals surface area contributed by atoms with Crippen LogP contribution in [-0.2, 0) is 0 Å². The number of hydrogen-bond acceptors (Lipinski definition) is 2. The summed E-state index contributed by atoms with van der Waals surface area (Å²) in [7, 11) is 0. The molecule has 1 fully saturated rings. The van der Waals surface area contributed by atoms with Gasteiger partial charge in [0, 0.05) is 18.0 Å². The number of hydrogen-bond donors (Lipinski definition) is 2. The fourth-order valence-corrected chi connectivity index (χ4v) is 1.78. The quantitative estimate of drug-likeness (QED) is 0.689. The maximum absolute atomic E-state index is 13.0. The van der Waals surface area contributed by atoms with Crippen LogP contribution in [0.1, 0.15) is 17.9 Å². The van der Waals surface area contributed by atoms with Crippen molar-refractivity contribution in [3.63, 3.8) is 0 Å². The lowest BCUT2D eigenvalue weighted by Gasteiger charge is -2.10. The van der Waals surface area contributed by atoms with Gasteiger partial charge >= 0.3 is 0 Å². The second-order valence-corrected chi connectivity index (χ2v) is 3.37. The van der Waals surface area contributed by atoms with Gasteiger partial charge in [-0.3, -0.25) is 0 Å². The first-order valence-corrected chi connectivity index (χ1v) is 4.47. The second kappa shape index (κ2) is 3.34. The summed E-state index contributed by atoms with van der Waals surface area (Å²) in [6.45, 7) is 1.78. The average Bonchev–Trinajstić information content (AvgIpc) is 2.62. The standard InChI is InChI=1S/C10H12FNO/c11-9-3-1-2-8(10(9)13)7-4-5-12-6-7/h1-3,7,12-13H,4-6H2. The highest BCUT2D eigenvalue weighted by Crippen LogP contribution is 2.31. The van der Waals surface area contributed by atoms with E-state index < -0.39 is 5.82 Å². The lowest BCUT2D eigenvalue weighted by molar-refractivity contribution is 0.421. The Bertz CT molecular complexity index is 308. The Kier molecular flexibility index (Phi) is 2.19. The van der Waals surface area contributed by atoms with E-state index in [9.17, 15) is 9.50 Å². The molecule has 2 nitrogen and oxygen atoms in total. The number of phenolic OH excluding ortho intramolecular Hbond substituents is 1. The van der Waals surface area contributed by atoms with E-state index >= 15 is 0 Å². The van der Waals surface area contributed by atoms with Gasteiger partial charge in [-0.2, -0.15) is 0 Å². The third kappa shape index (κ3) is 1.52. The topological polar surface area (TPSA) is 32.3 Å². The number of benzene rings is 1. The van der Waals surface area contributed by atoms with Gasteiger partial charge in [-0.25, -0.2) is 4.39 Å². The predicted molar refractivity (Wildman–Crippen MR) is 48.3 cm³/mol. The Hall–Kier alpha value is -1.09. The molecule has 0 spiro atoms. The van der Waals surface area contributed by atoms with Crippen molar-refractivity contribution in [2.75, 3.05) is 13.1 Å². The normalized spacial score (nSPS) is 22.1. The number of nitrogens with one attached hydrogen (secondary N) is 1. The van der Waals surface area contributed by atoms with E-state index in [1.165, 1.54) is 6.07 Å². The molecule has 2 rings (SSSR count). The highest BCUT2D eigenvalue weighted by Gasteiger charge is 2.20. The molecule has 0 aromatic heterocycles. The molecule has 1 saturated heterocycles. The summed E-state index contributed by atoms with van der Waals surface area (Å²) in [4.78, 5) is 0. The van der Waals surface area contributed by atoms with E-state index in [0.717, 1.165) is 25.1 Å². The largest absolute Gasteiger partial charge is 0.505 e. The summed E-state index contributed by atoms with van der Waals surface area (Å²) in [5.74, 6) is -0.448. The molecule has 1 heterocycles. The molecule has 13 heavy (non-hydrogen) atoms. The monoisotopic (exact) mass is 181 g/mol. The number of para-hydroxylation sites is 1. The number of aromatic hydroxyl groups is 1. The van der Waals surface area contributed by atoms with Crippen LogP contribution in [0.25, 0.3) is 0 Å². The van der Waals surface area contributed by atoms with Crippen molar-refractivity contribution in [1.29, 1.82) is 0 Å². The zero-order valence-electron chi connectivity index (χ0n) is 7.26. The van der Waals surface area contributed by atoms with E-state index in [1.807, 2.05) is 0 Å². The van der Waals surface area contributed by atoms with E-state index in [-0.39, 0.29) is 11.7 Å². The Labute approximate surface area is 76.4 Å². The summed E-state index contributed by atoms with van der Waals surface area (Å²) in [6.07, 6.45) is 0.969. The minimum atomic E-state index is -0.524. The predicted octanol–water partition coefficient (Wildman–Crippen LogP) is 1.61. The van der Waals surface area contributed by atoms with Gasteiger partial charge in [0.05, 0.1) is 0 Å². The highest BCUT2D eigenvalue weighted by molar-refractivity contribution is 5.37. The van der Waals surface area contributed by atoms with Crippen molar-refractivity contribution in [3.8, 4) is 5.75 Å². The minimum Gasteiger partial charge on any atom is -0.505 e. The molecule has 3 heteroatoms. The van der Waals surface area contributed by atoms with Crippen molar-refractivity contribution in [2.24, 2.45) is 0 Å². The fraction of sp³-hybridized carbons (Fsp3) is 0.400. The van der Waals surface area contributed by atoms with Crippen molar-refractivity contribution >= 4 is 0 Å². The van der Waals surface area contributed by atoms with E-state index in [2.05, 4.69) is 5.32 Å². The van der Waals surface area contributed by atoms with Crippen LogP contribution >= 0.6 is 0 Å². The van der Waals surface area contributed by atoms with Crippen molar-refractivity contribution < 1.29 is 9.50 Å².